The SMILES string of the molecule is CC1=C(C)C(=O)C(CC(C)(C)C(=O)Oc2ccc3c(ccc4nc(C5=NC(C(=O)O)CS5)sc43)c2)=C(C)C1=O. The number of esters is 1. The van der Waals surface area contributed by atoms with Crippen molar-refractivity contribution in [2.45, 2.75) is 47.1 Å². The van der Waals surface area contributed by atoms with Crippen molar-refractivity contribution in [3.63, 3.8) is 0 Å². The molecule has 1 aliphatic carbocycles. The number of fused-ring (bicyclic) bond motifs is 3. The third-order valence-corrected chi connectivity index (χ3v) is 9.45. The Hall–Kier alpha value is -3.63. The molecule has 39 heavy (non-hydrogen) atoms. The number of aliphatic carboxylic acids is 1. The Labute approximate surface area is 232 Å². The van der Waals surface area contributed by atoms with Gasteiger partial charge in [0.2, 0.25) is 0 Å². The van der Waals surface area contributed by atoms with Crippen molar-refractivity contribution in [1.82, 2.24) is 4.98 Å². The quantitative estimate of drug-likeness (QED) is 0.237. The van der Waals surface area contributed by atoms with Gasteiger partial charge in [0, 0.05) is 33.4 Å². The Morgan fingerprint density at radius 1 is 1.05 bits per heavy atom. The van der Waals surface area contributed by atoms with Crippen LogP contribution < -0.4 is 4.74 Å². The maximum absolute atomic E-state index is 13.2. The highest BCUT2D eigenvalue weighted by atomic mass is 32.2. The number of hydrogen-bond donors (Lipinski definition) is 1. The van der Waals surface area contributed by atoms with Crippen LogP contribution in [0.4, 0.5) is 0 Å². The number of Topliss-reactive ketones (excluding diaryl/α,β-unsaturated/α-hetero) is 2. The lowest BCUT2D eigenvalue weighted by molar-refractivity contribution is -0.144. The van der Waals surface area contributed by atoms with E-state index in [2.05, 4.69) is 9.98 Å². The number of rotatable bonds is 6. The van der Waals surface area contributed by atoms with Gasteiger partial charge in [-0.1, -0.05) is 6.07 Å². The molecule has 0 radical (unpaired) electrons. The molecule has 1 unspecified atom stereocenters. The topological polar surface area (TPSA) is 123 Å². The highest BCUT2D eigenvalue weighted by Crippen LogP contribution is 2.37. The summed E-state index contributed by atoms with van der Waals surface area (Å²) in [5.41, 5.74) is 1.33. The second-order valence-electron chi connectivity index (χ2n) is 10.4. The minimum absolute atomic E-state index is 0.0926. The first kappa shape index (κ1) is 27.0. The summed E-state index contributed by atoms with van der Waals surface area (Å²) < 4.78 is 6.68. The van der Waals surface area contributed by atoms with Gasteiger partial charge in [0.15, 0.2) is 17.6 Å². The number of nitrogens with zero attached hydrogens (tertiary/aromatic N) is 2. The van der Waals surface area contributed by atoms with E-state index in [4.69, 9.17) is 4.74 Å². The van der Waals surface area contributed by atoms with Crippen LogP contribution in [0, 0.1) is 5.41 Å². The summed E-state index contributed by atoms with van der Waals surface area (Å²) in [7, 11) is 0. The van der Waals surface area contributed by atoms with Crippen molar-refractivity contribution >= 4 is 72.6 Å². The van der Waals surface area contributed by atoms with Gasteiger partial charge in [0.1, 0.15) is 15.8 Å². The Bertz CT molecular complexity index is 1710. The molecule has 2 aliphatic rings. The lowest BCUT2D eigenvalue weighted by atomic mass is 9.77. The van der Waals surface area contributed by atoms with Crippen molar-refractivity contribution in [2.75, 3.05) is 5.75 Å². The highest BCUT2D eigenvalue weighted by Gasteiger charge is 2.37. The number of allylic oxidation sites excluding steroid dienone is 4. The number of carbonyl (C=O) groups excluding carboxylic acids is 3. The molecule has 1 atom stereocenters. The molecule has 1 N–H and O–H groups in total. The number of hydrogen-bond acceptors (Lipinski definition) is 9. The molecule has 0 saturated carbocycles. The fourth-order valence-corrected chi connectivity index (χ4v) is 6.79. The largest absolute Gasteiger partial charge is 0.480 e. The summed E-state index contributed by atoms with van der Waals surface area (Å²) >= 11 is 2.84. The maximum Gasteiger partial charge on any atom is 0.329 e. The van der Waals surface area contributed by atoms with Crippen LogP contribution in [0.25, 0.3) is 21.0 Å². The van der Waals surface area contributed by atoms with Gasteiger partial charge in [-0.2, -0.15) is 0 Å². The number of carbonyl (C=O) groups is 4. The molecule has 0 amide bonds. The molecule has 5 rings (SSSR count). The number of carboxylic acid groups (broad SMARTS) is 1. The molecule has 2 aromatic carbocycles. The van der Waals surface area contributed by atoms with E-state index < -0.39 is 23.4 Å². The summed E-state index contributed by atoms with van der Waals surface area (Å²) in [6.07, 6.45) is 0.0926. The smallest absolute Gasteiger partial charge is 0.329 e. The average molecular weight is 563 g/mol. The van der Waals surface area contributed by atoms with Crippen LogP contribution in [0.1, 0.15) is 46.0 Å². The first-order valence-electron chi connectivity index (χ1n) is 12.3. The molecule has 2 heterocycles. The van der Waals surface area contributed by atoms with E-state index in [1.165, 1.54) is 23.1 Å². The van der Waals surface area contributed by atoms with Crippen molar-refractivity contribution < 1.29 is 29.0 Å². The zero-order chi connectivity index (χ0) is 28.2. The first-order chi connectivity index (χ1) is 18.4. The van der Waals surface area contributed by atoms with Gasteiger partial charge in [0.25, 0.3) is 0 Å². The maximum atomic E-state index is 13.2. The number of thioether (sulfide) groups is 1. The molecular formula is C29H26N2O6S2. The van der Waals surface area contributed by atoms with E-state index in [-0.39, 0.29) is 18.0 Å². The minimum Gasteiger partial charge on any atom is -0.480 e. The summed E-state index contributed by atoms with van der Waals surface area (Å²) in [6.45, 7) is 8.32. The van der Waals surface area contributed by atoms with Gasteiger partial charge >= 0.3 is 11.9 Å². The van der Waals surface area contributed by atoms with Crippen molar-refractivity contribution in [3.05, 3.63) is 57.6 Å². The summed E-state index contributed by atoms with van der Waals surface area (Å²) in [5.74, 6) is -1.06. The first-order valence-corrected chi connectivity index (χ1v) is 14.1. The predicted molar refractivity (Wildman–Crippen MR) is 153 cm³/mol. The molecule has 10 heteroatoms. The standard InChI is InChI=1S/C29H26N2O6S2/c1-13-14(2)23(33)19(15(3)22(13)32)11-29(4,5)28(36)37-17-7-8-18-16(10-17)6-9-20-24(18)39-26(30-20)25-31-21(12-38-25)27(34)35/h6-10,21H,11-12H2,1-5H3,(H,34,35). The Kier molecular flexibility index (Phi) is 6.80. The van der Waals surface area contributed by atoms with Crippen LogP contribution in [0.3, 0.4) is 0 Å². The van der Waals surface area contributed by atoms with Crippen LogP contribution in [0.2, 0.25) is 0 Å². The second kappa shape index (κ2) is 9.84. The van der Waals surface area contributed by atoms with Gasteiger partial charge in [-0.3, -0.25) is 19.4 Å². The van der Waals surface area contributed by atoms with Gasteiger partial charge in [0.05, 0.1) is 15.6 Å². The third-order valence-electron chi connectivity index (χ3n) is 7.15. The Balaban J connectivity index is 1.38. The molecule has 8 nitrogen and oxygen atoms in total. The van der Waals surface area contributed by atoms with Crippen molar-refractivity contribution in [2.24, 2.45) is 10.4 Å². The summed E-state index contributed by atoms with van der Waals surface area (Å²) in [6, 6.07) is 8.38. The molecule has 0 bridgehead atoms. The van der Waals surface area contributed by atoms with E-state index in [1.54, 1.807) is 46.8 Å². The fourth-order valence-electron chi connectivity index (χ4n) is 4.59. The van der Waals surface area contributed by atoms with Crippen molar-refractivity contribution in [1.29, 1.82) is 0 Å². The zero-order valence-electron chi connectivity index (χ0n) is 22.1. The predicted octanol–water partition coefficient (Wildman–Crippen LogP) is 5.52. The van der Waals surface area contributed by atoms with Gasteiger partial charge in [-0.25, -0.2) is 9.78 Å². The van der Waals surface area contributed by atoms with Crippen LogP contribution in [-0.4, -0.2) is 50.4 Å². The molecule has 200 valence electrons. The molecular weight excluding hydrogens is 536 g/mol. The van der Waals surface area contributed by atoms with Gasteiger partial charge in [-0.15, -0.1) is 23.1 Å². The zero-order valence-corrected chi connectivity index (χ0v) is 23.7. The molecule has 1 aliphatic heterocycles. The number of thiazole rings is 1. The number of aliphatic imine (C=N–C) groups is 1. The van der Waals surface area contributed by atoms with Crippen LogP contribution in [0.15, 0.2) is 57.6 Å². The fraction of sp³-hybridized carbons (Fsp3) is 0.310. The lowest BCUT2D eigenvalue weighted by Crippen LogP contribution is -2.32. The van der Waals surface area contributed by atoms with E-state index in [0.717, 1.165) is 21.0 Å². The van der Waals surface area contributed by atoms with E-state index >= 15 is 0 Å². The number of ketones is 2. The number of benzene rings is 2. The number of ether oxygens (including phenoxy) is 1. The van der Waals surface area contributed by atoms with Crippen LogP contribution in [-0.2, 0) is 19.2 Å². The minimum atomic E-state index is -1.04. The highest BCUT2D eigenvalue weighted by molar-refractivity contribution is 8.15. The number of carboxylic acids is 1. The van der Waals surface area contributed by atoms with Gasteiger partial charge in [-0.05, 0) is 70.7 Å². The third kappa shape index (κ3) is 4.83. The second-order valence-corrected chi connectivity index (χ2v) is 12.4. The van der Waals surface area contributed by atoms with E-state index in [9.17, 15) is 24.3 Å². The Morgan fingerprint density at radius 2 is 1.77 bits per heavy atom. The summed E-state index contributed by atoms with van der Waals surface area (Å²) in [5, 5.41) is 12.3. The molecule has 1 aromatic heterocycles. The summed E-state index contributed by atoms with van der Waals surface area (Å²) in [4.78, 5) is 58.8. The van der Waals surface area contributed by atoms with E-state index in [0.29, 0.717) is 43.8 Å². The normalized spacial score (nSPS) is 18.4. The van der Waals surface area contributed by atoms with Crippen LogP contribution in [0.5, 0.6) is 5.75 Å². The Morgan fingerprint density at radius 3 is 2.46 bits per heavy atom. The van der Waals surface area contributed by atoms with Crippen LogP contribution >= 0.6 is 23.1 Å². The van der Waals surface area contributed by atoms with Crippen molar-refractivity contribution in [3.8, 4) is 5.75 Å². The molecule has 3 aromatic rings. The lowest BCUT2D eigenvalue weighted by Gasteiger charge is -2.26. The van der Waals surface area contributed by atoms with Gasteiger partial charge < -0.3 is 9.84 Å². The average Bonchev–Trinajstić information content (AvgIpc) is 3.56. The number of aromatic nitrogens is 1. The van der Waals surface area contributed by atoms with E-state index in [1.807, 2.05) is 18.2 Å². The molecule has 0 saturated heterocycles. The molecule has 0 fully saturated rings. The molecule has 0 spiro atoms. The monoisotopic (exact) mass is 562 g/mol.